The lowest BCUT2D eigenvalue weighted by atomic mass is 10.1. The van der Waals surface area contributed by atoms with Gasteiger partial charge in [-0.15, -0.1) is 0 Å². The molecule has 0 heterocycles. The maximum atomic E-state index is 8.65. The molecule has 0 aliphatic rings. The molecule has 1 aromatic carbocycles. The minimum absolute atomic E-state index is 0.169. The largest absolute Gasteiger partial charge is 0.508 e. The van der Waals surface area contributed by atoms with Crippen LogP contribution in [0.5, 0.6) is 11.5 Å². The van der Waals surface area contributed by atoms with Crippen LogP contribution in [0, 0.1) is 0 Å². The van der Waals surface area contributed by atoms with Crippen LogP contribution in [0.25, 0.3) is 0 Å². The van der Waals surface area contributed by atoms with Crippen LogP contribution in [0.1, 0.15) is 78.1 Å². The smallest absolute Gasteiger partial charge is 0.115 e. The van der Waals surface area contributed by atoms with Gasteiger partial charge in [-0.2, -0.15) is 0 Å². The maximum absolute atomic E-state index is 8.65. The normalized spacial score (nSPS) is 9.90. The van der Waals surface area contributed by atoms with Gasteiger partial charge >= 0.3 is 0 Å². The summed E-state index contributed by atoms with van der Waals surface area (Å²) in [6.45, 7) is 4.56. The van der Waals surface area contributed by atoms with Gasteiger partial charge in [0.1, 0.15) is 11.5 Å². The monoisotopic (exact) mass is 280 g/mol. The minimum atomic E-state index is 0.169. The lowest BCUT2D eigenvalue weighted by Gasteiger charge is -1.99. The van der Waals surface area contributed by atoms with E-state index in [0.29, 0.717) is 0 Å². The van der Waals surface area contributed by atoms with E-state index in [1.54, 1.807) is 0 Å². The van der Waals surface area contributed by atoms with Gasteiger partial charge in [-0.3, -0.25) is 0 Å². The van der Waals surface area contributed by atoms with Crippen molar-refractivity contribution >= 4 is 0 Å². The first-order valence-corrected chi connectivity index (χ1v) is 8.18. The summed E-state index contributed by atoms with van der Waals surface area (Å²) in [7, 11) is 0. The number of phenols is 2. The Kier molecular flexibility index (Phi) is 13.4. The number of phenolic OH excluding ortho intramolecular Hbond substituents is 2. The van der Waals surface area contributed by atoms with Crippen molar-refractivity contribution in [1.29, 1.82) is 0 Å². The number of aromatic hydroxyl groups is 2. The Balaban J connectivity index is 0.000000388. The summed E-state index contributed by atoms with van der Waals surface area (Å²) in [5, 5.41) is 17.3. The van der Waals surface area contributed by atoms with Crippen molar-refractivity contribution in [3.63, 3.8) is 0 Å². The Hall–Kier alpha value is -1.18. The van der Waals surface area contributed by atoms with E-state index in [0.717, 1.165) is 0 Å². The van der Waals surface area contributed by atoms with E-state index in [-0.39, 0.29) is 11.5 Å². The van der Waals surface area contributed by atoms with E-state index >= 15 is 0 Å². The van der Waals surface area contributed by atoms with Gasteiger partial charge in [0.25, 0.3) is 0 Å². The quantitative estimate of drug-likeness (QED) is 0.428. The number of hydrogen-bond acceptors (Lipinski definition) is 2. The molecule has 0 aliphatic carbocycles. The van der Waals surface area contributed by atoms with E-state index in [1.807, 2.05) is 0 Å². The number of rotatable bonds is 9. The highest BCUT2D eigenvalue weighted by Crippen LogP contribution is 2.13. The summed E-state index contributed by atoms with van der Waals surface area (Å²) in [6, 6.07) is 5.70. The number of unbranched alkanes of at least 4 members (excludes halogenated alkanes) is 9. The Morgan fingerprint density at radius 3 is 1.05 bits per heavy atom. The third-order valence-corrected chi connectivity index (χ3v) is 3.31. The summed E-state index contributed by atoms with van der Waals surface area (Å²) in [5.74, 6) is 0.339. The minimum Gasteiger partial charge on any atom is -0.508 e. The van der Waals surface area contributed by atoms with Crippen molar-refractivity contribution in [2.45, 2.75) is 78.1 Å². The lowest BCUT2D eigenvalue weighted by molar-refractivity contribution is 0.460. The van der Waals surface area contributed by atoms with Crippen molar-refractivity contribution in [2.24, 2.45) is 0 Å². The fourth-order valence-corrected chi connectivity index (χ4v) is 2.01. The summed E-state index contributed by atoms with van der Waals surface area (Å²) >= 11 is 0. The van der Waals surface area contributed by atoms with Gasteiger partial charge in [0.2, 0.25) is 0 Å². The van der Waals surface area contributed by atoms with Gasteiger partial charge < -0.3 is 10.2 Å². The van der Waals surface area contributed by atoms with Crippen LogP contribution >= 0.6 is 0 Å². The molecule has 20 heavy (non-hydrogen) atoms. The van der Waals surface area contributed by atoms with E-state index < -0.39 is 0 Å². The van der Waals surface area contributed by atoms with Gasteiger partial charge in [0, 0.05) is 0 Å². The van der Waals surface area contributed by atoms with Crippen LogP contribution in [-0.4, -0.2) is 10.2 Å². The summed E-state index contributed by atoms with van der Waals surface area (Å²) in [5.41, 5.74) is 0. The molecule has 116 valence electrons. The Labute approximate surface area is 124 Å². The molecule has 1 rings (SSSR count). The molecule has 0 aliphatic heterocycles. The molecule has 0 atom stereocenters. The van der Waals surface area contributed by atoms with Crippen molar-refractivity contribution < 1.29 is 10.2 Å². The van der Waals surface area contributed by atoms with Crippen LogP contribution in [0.4, 0.5) is 0 Å². The molecule has 2 N–H and O–H groups in total. The molecule has 2 nitrogen and oxygen atoms in total. The zero-order valence-electron chi connectivity index (χ0n) is 13.3. The van der Waals surface area contributed by atoms with Crippen molar-refractivity contribution in [1.82, 2.24) is 0 Å². The van der Waals surface area contributed by atoms with E-state index in [4.69, 9.17) is 10.2 Å². The molecule has 0 unspecified atom stereocenters. The summed E-state index contributed by atoms with van der Waals surface area (Å²) < 4.78 is 0. The molecule has 0 spiro atoms. The molecule has 1 aromatic rings. The Morgan fingerprint density at radius 2 is 0.800 bits per heavy atom. The Morgan fingerprint density at radius 1 is 0.550 bits per heavy atom. The molecule has 2 heteroatoms. The fourth-order valence-electron chi connectivity index (χ4n) is 2.01. The first kappa shape index (κ1) is 18.8. The second kappa shape index (κ2) is 14.2. The molecule has 0 radical (unpaired) electrons. The number of hydrogen-bond donors (Lipinski definition) is 2. The van der Waals surface area contributed by atoms with E-state index in [2.05, 4.69) is 13.8 Å². The number of benzene rings is 1. The van der Waals surface area contributed by atoms with Crippen molar-refractivity contribution in [3.05, 3.63) is 24.3 Å². The van der Waals surface area contributed by atoms with Crippen molar-refractivity contribution in [3.8, 4) is 11.5 Å². The first-order chi connectivity index (χ1) is 9.70. The molecule has 0 saturated carbocycles. The van der Waals surface area contributed by atoms with E-state index in [1.165, 1.54) is 88.5 Å². The Bertz CT molecular complexity index is 262. The molecule has 0 bridgehead atoms. The third-order valence-electron chi connectivity index (χ3n) is 3.31. The van der Waals surface area contributed by atoms with Crippen LogP contribution in [0.2, 0.25) is 0 Å². The highest BCUT2D eigenvalue weighted by atomic mass is 16.3. The van der Waals surface area contributed by atoms with Crippen LogP contribution in [0.15, 0.2) is 24.3 Å². The third kappa shape index (κ3) is 13.3. The van der Waals surface area contributed by atoms with Gasteiger partial charge in [-0.1, -0.05) is 78.1 Å². The fraction of sp³-hybridized carbons (Fsp3) is 0.667. The second-order valence-electron chi connectivity index (χ2n) is 5.34. The molecule has 0 saturated heterocycles. The lowest BCUT2D eigenvalue weighted by Crippen LogP contribution is -1.80. The van der Waals surface area contributed by atoms with Crippen LogP contribution in [0.3, 0.4) is 0 Å². The van der Waals surface area contributed by atoms with Gasteiger partial charge in [-0.25, -0.2) is 0 Å². The average molecular weight is 280 g/mol. The van der Waals surface area contributed by atoms with Crippen molar-refractivity contribution in [2.75, 3.05) is 0 Å². The zero-order chi connectivity index (χ0) is 15.1. The molecular weight excluding hydrogens is 248 g/mol. The van der Waals surface area contributed by atoms with E-state index in [9.17, 15) is 0 Å². The zero-order valence-corrected chi connectivity index (χ0v) is 13.3. The van der Waals surface area contributed by atoms with Gasteiger partial charge in [0.05, 0.1) is 0 Å². The van der Waals surface area contributed by atoms with Crippen LogP contribution < -0.4 is 0 Å². The summed E-state index contributed by atoms with van der Waals surface area (Å²) in [6.07, 6.45) is 14.4. The molecular formula is C18H32O2. The second-order valence-corrected chi connectivity index (χ2v) is 5.34. The summed E-state index contributed by atoms with van der Waals surface area (Å²) in [4.78, 5) is 0. The highest BCUT2D eigenvalue weighted by Gasteiger charge is 1.90. The standard InChI is InChI=1S/C12H26.C6H6O2/c1-3-5-7-9-11-12-10-8-6-4-2;7-5-1-2-6(8)4-3-5/h3-12H2,1-2H3;1-4,7-8H. The molecule has 0 aromatic heterocycles. The predicted octanol–water partition coefficient (Wildman–Crippen LogP) is 6.03. The maximum Gasteiger partial charge on any atom is 0.115 e. The van der Waals surface area contributed by atoms with Gasteiger partial charge in [-0.05, 0) is 24.3 Å². The highest BCUT2D eigenvalue weighted by molar-refractivity contribution is 5.28. The molecule has 0 amide bonds. The SMILES string of the molecule is CCCCCCCCCCCC.Oc1ccc(O)cc1. The topological polar surface area (TPSA) is 40.5 Å². The average Bonchev–Trinajstić information content (AvgIpc) is 2.46. The molecule has 0 fully saturated rings. The predicted molar refractivity (Wildman–Crippen MR) is 87.3 cm³/mol. The first-order valence-electron chi connectivity index (χ1n) is 8.18. The van der Waals surface area contributed by atoms with Crippen LogP contribution in [-0.2, 0) is 0 Å². The van der Waals surface area contributed by atoms with Gasteiger partial charge in [0.15, 0.2) is 0 Å².